The molecule has 0 radical (unpaired) electrons. The van der Waals surface area contributed by atoms with Crippen LogP contribution < -0.4 is 10.1 Å². The molecule has 112 valence electrons. The molecule has 0 heterocycles. The summed E-state index contributed by atoms with van der Waals surface area (Å²) in [7, 11) is 0. The molecular formula is C15H23NO4. The fourth-order valence-corrected chi connectivity index (χ4v) is 1.57. The third-order valence-electron chi connectivity index (χ3n) is 2.87. The molecule has 1 amide bonds. The summed E-state index contributed by atoms with van der Waals surface area (Å²) < 4.78 is 10.5. The van der Waals surface area contributed by atoms with Gasteiger partial charge in [-0.15, -0.1) is 0 Å². The lowest BCUT2D eigenvalue weighted by atomic mass is 10.1. The summed E-state index contributed by atoms with van der Waals surface area (Å²) in [6.45, 7) is 5.48. The maximum absolute atomic E-state index is 11.5. The second-order valence-corrected chi connectivity index (χ2v) is 4.57. The lowest BCUT2D eigenvalue weighted by Crippen LogP contribution is -2.30. The molecule has 0 saturated carbocycles. The molecule has 0 unspecified atom stereocenters. The minimum absolute atomic E-state index is 0.0139. The van der Waals surface area contributed by atoms with Gasteiger partial charge in [0.15, 0.2) is 6.61 Å². The molecule has 0 aliphatic rings. The monoisotopic (exact) mass is 281 g/mol. The van der Waals surface area contributed by atoms with Crippen molar-refractivity contribution in [2.45, 2.75) is 20.3 Å². The van der Waals surface area contributed by atoms with Crippen molar-refractivity contribution in [3.8, 4) is 5.75 Å². The lowest BCUT2D eigenvalue weighted by molar-refractivity contribution is -0.123. The molecule has 5 nitrogen and oxygen atoms in total. The molecule has 20 heavy (non-hydrogen) atoms. The number of aliphatic hydroxyl groups is 1. The van der Waals surface area contributed by atoms with Gasteiger partial charge in [0, 0.05) is 13.2 Å². The number of hydrogen-bond acceptors (Lipinski definition) is 4. The number of amides is 1. The van der Waals surface area contributed by atoms with Gasteiger partial charge in [-0.25, -0.2) is 0 Å². The molecule has 0 aromatic heterocycles. The molecular weight excluding hydrogens is 258 g/mol. The topological polar surface area (TPSA) is 67.8 Å². The predicted octanol–water partition coefficient (Wildman–Crippen LogP) is 1.20. The molecule has 1 aromatic rings. The van der Waals surface area contributed by atoms with Crippen LogP contribution in [-0.4, -0.2) is 44.0 Å². The van der Waals surface area contributed by atoms with E-state index in [1.807, 2.05) is 32.0 Å². The van der Waals surface area contributed by atoms with E-state index in [0.717, 1.165) is 12.0 Å². The number of aliphatic hydroxyl groups excluding tert-OH is 1. The Morgan fingerprint density at radius 2 is 2.05 bits per heavy atom. The number of benzene rings is 1. The highest BCUT2D eigenvalue weighted by Crippen LogP contribution is 2.16. The number of ether oxygens (including phenoxy) is 2. The van der Waals surface area contributed by atoms with Crippen LogP contribution in [0.2, 0.25) is 0 Å². The van der Waals surface area contributed by atoms with Crippen LogP contribution in [0.4, 0.5) is 0 Å². The van der Waals surface area contributed by atoms with Gasteiger partial charge in [0.1, 0.15) is 5.75 Å². The Kier molecular flexibility index (Phi) is 7.69. The molecule has 1 rings (SSSR count). The van der Waals surface area contributed by atoms with E-state index >= 15 is 0 Å². The van der Waals surface area contributed by atoms with Gasteiger partial charge in [-0.2, -0.15) is 0 Å². The van der Waals surface area contributed by atoms with Gasteiger partial charge in [-0.3, -0.25) is 4.79 Å². The quantitative estimate of drug-likeness (QED) is 0.667. The predicted molar refractivity (Wildman–Crippen MR) is 76.9 cm³/mol. The number of hydrogen-bond donors (Lipinski definition) is 2. The van der Waals surface area contributed by atoms with E-state index in [4.69, 9.17) is 14.6 Å². The van der Waals surface area contributed by atoms with Crippen LogP contribution in [0.5, 0.6) is 5.75 Å². The number of nitrogens with one attached hydrogen (secondary N) is 1. The molecule has 0 fully saturated rings. The molecule has 0 atom stereocenters. The van der Waals surface area contributed by atoms with Gasteiger partial charge >= 0.3 is 0 Å². The van der Waals surface area contributed by atoms with Gasteiger partial charge in [0.25, 0.3) is 5.91 Å². The van der Waals surface area contributed by atoms with Crippen molar-refractivity contribution < 1.29 is 19.4 Å². The molecule has 0 spiro atoms. The smallest absolute Gasteiger partial charge is 0.257 e. The molecule has 0 aliphatic heterocycles. The van der Waals surface area contributed by atoms with Crippen molar-refractivity contribution in [3.63, 3.8) is 0 Å². The maximum Gasteiger partial charge on any atom is 0.257 e. The van der Waals surface area contributed by atoms with Crippen LogP contribution in [0.3, 0.4) is 0 Å². The zero-order chi connectivity index (χ0) is 14.8. The highest BCUT2D eigenvalue weighted by molar-refractivity contribution is 5.77. The van der Waals surface area contributed by atoms with E-state index in [2.05, 4.69) is 5.32 Å². The summed E-state index contributed by atoms with van der Waals surface area (Å²) in [5.41, 5.74) is 2.34. The summed E-state index contributed by atoms with van der Waals surface area (Å²) in [6, 6.07) is 5.75. The molecule has 1 aromatic carbocycles. The zero-order valence-corrected chi connectivity index (χ0v) is 12.1. The van der Waals surface area contributed by atoms with Gasteiger partial charge in [0.2, 0.25) is 0 Å². The van der Waals surface area contributed by atoms with E-state index in [-0.39, 0.29) is 19.1 Å². The second kappa shape index (κ2) is 9.34. The summed E-state index contributed by atoms with van der Waals surface area (Å²) in [5.74, 6) is 0.555. The zero-order valence-electron chi connectivity index (χ0n) is 12.1. The third kappa shape index (κ3) is 6.54. The molecule has 0 bridgehead atoms. The van der Waals surface area contributed by atoms with E-state index < -0.39 is 0 Å². The van der Waals surface area contributed by atoms with Crippen molar-refractivity contribution in [1.29, 1.82) is 0 Å². The summed E-state index contributed by atoms with van der Waals surface area (Å²) in [6.07, 6.45) is 0.718. The fraction of sp³-hybridized carbons (Fsp3) is 0.533. The SMILES string of the molecule is Cc1ccc(OCC(=O)NCCCOCCO)cc1C. The van der Waals surface area contributed by atoms with Crippen molar-refractivity contribution in [2.75, 3.05) is 33.0 Å². The Labute approximate surface area is 119 Å². The lowest BCUT2D eigenvalue weighted by Gasteiger charge is -2.09. The molecule has 0 aliphatic carbocycles. The van der Waals surface area contributed by atoms with E-state index in [9.17, 15) is 4.79 Å². The molecule has 0 saturated heterocycles. The fourth-order valence-electron chi connectivity index (χ4n) is 1.57. The van der Waals surface area contributed by atoms with Crippen LogP contribution in [-0.2, 0) is 9.53 Å². The van der Waals surface area contributed by atoms with Crippen LogP contribution >= 0.6 is 0 Å². The highest BCUT2D eigenvalue weighted by Gasteiger charge is 2.03. The molecule has 2 N–H and O–H groups in total. The number of rotatable bonds is 9. The Morgan fingerprint density at radius 1 is 1.25 bits per heavy atom. The summed E-state index contributed by atoms with van der Waals surface area (Å²) in [4.78, 5) is 11.5. The minimum Gasteiger partial charge on any atom is -0.484 e. The van der Waals surface area contributed by atoms with E-state index in [1.54, 1.807) is 0 Å². The Morgan fingerprint density at radius 3 is 2.75 bits per heavy atom. The normalized spacial score (nSPS) is 10.3. The minimum atomic E-state index is -0.148. The Bertz CT molecular complexity index is 420. The van der Waals surface area contributed by atoms with Gasteiger partial charge in [-0.1, -0.05) is 6.07 Å². The standard InChI is InChI=1S/C15H23NO4/c1-12-4-5-14(10-13(12)2)20-11-15(18)16-6-3-8-19-9-7-17/h4-5,10,17H,3,6-9,11H2,1-2H3,(H,16,18). The van der Waals surface area contributed by atoms with Gasteiger partial charge in [-0.05, 0) is 43.5 Å². The van der Waals surface area contributed by atoms with E-state index in [1.165, 1.54) is 5.56 Å². The van der Waals surface area contributed by atoms with Crippen LogP contribution in [0.1, 0.15) is 17.5 Å². The highest BCUT2D eigenvalue weighted by atomic mass is 16.5. The second-order valence-electron chi connectivity index (χ2n) is 4.57. The Balaban J connectivity index is 2.15. The van der Waals surface area contributed by atoms with Crippen LogP contribution in [0.25, 0.3) is 0 Å². The number of aryl methyl sites for hydroxylation is 2. The maximum atomic E-state index is 11.5. The van der Waals surface area contributed by atoms with Gasteiger partial charge in [0.05, 0.1) is 13.2 Å². The van der Waals surface area contributed by atoms with Crippen LogP contribution in [0, 0.1) is 13.8 Å². The van der Waals surface area contributed by atoms with Crippen molar-refractivity contribution >= 4 is 5.91 Å². The first-order chi connectivity index (χ1) is 9.63. The Hall–Kier alpha value is -1.59. The average molecular weight is 281 g/mol. The third-order valence-corrected chi connectivity index (χ3v) is 2.87. The van der Waals surface area contributed by atoms with Crippen molar-refractivity contribution in [1.82, 2.24) is 5.32 Å². The number of carbonyl (C=O) groups excluding carboxylic acids is 1. The first-order valence-electron chi connectivity index (χ1n) is 6.79. The summed E-state index contributed by atoms with van der Waals surface area (Å²) in [5, 5.41) is 11.3. The van der Waals surface area contributed by atoms with Crippen molar-refractivity contribution in [2.24, 2.45) is 0 Å². The van der Waals surface area contributed by atoms with Gasteiger partial charge < -0.3 is 19.9 Å². The average Bonchev–Trinajstić information content (AvgIpc) is 2.44. The largest absolute Gasteiger partial charge is 0.484 e. The van der Waals surface area contributed by atoms with E-state index in [0.29, 0.717) is 25.5 Å². The first-order valence-corrected chi connectivity index (χ1v) is 6.79. The van der Waals surface area contributed by atoms with Crippen molar-refractivity contribution in [3.05, 3.63) is 29.3 Å². The number of carbonyl (C=O) groups is 1. The van der Waals surface area contributed by atoms with Crippen LogP contribution in [0.15, 0.2) is 18.2 Å². The first kappa shape index (κ1) is 16.5. The summed E-state index contributed by atoms with van der Waals surface area (Å²) >= 11 is 0. The molecule has 5 heteroatoms.